The third-order valence-electron chi connectivity index (χ3n) is 5.47. The van der Waals surface area contributed by atoms with Gasteiger partial charge in [-0.05, 0) is 24.1 Å². The Morgan fingerprint density at radius 3 is 2.45 bits per heavy atom. The maximum absolute atomic E-state index is 13.2. The van der Waals surface area contributed by atoms with Gasteiger partial charge in [0.05, 0.1) is 16.7 Å². The zero-order valence-corrected chi connectivity index (χ0v) is 17.5. The van der Waals surface area contributed by atoms with E-state index >= 15 is 0 Å². The number of hydrogen-bond donors (Lipinski definition) is 0. The van der Waals surface area contributed by atoms with E-state index in [9.17, 15) is 19.7 Å². The normalized spacial score (nSPS) is 14.4. The van der Waals surface area contributed by atoms with Crippen LogP contribution in [0.4, 0.5) is 11.4 Å². The number of nitro groups is 1. The molecule has 0 N–H and O–H groups in total. The van der Waals surface area contributed by atoms with Crippen molar-refractivity contribution in [1.29, 1.82) is 0 Å². The van der Waals surface area contributed by atoms with Crippen molar-refractivity contribution in [2.75, 3.05) is 31.1 Å². The molecule has 1 amide bonds. The first-order valence-corrected chi connectivity index (χ1v) is 10.3. The van der Waals surface area contributed by atoms with Crippen molar-refractivity contribution >= 4 is 28.2 Å². The van der Waals surface area contributed by atoms with Crippen molar-refractivity contribution in [3.05, 3.63) is 68.9 Å². The lowest BCUT2D eigenvalue weighted by Crippen LogP contribution is -2.49. The van der Waals surface area contributed by atoms with Crippen molar-refractivity contribution in [2.24, 2.45) is 5.92 Å². The molecule has 0 saturated carbocycles. The van der Waals surface area contributed by atoms with Gasteiger partial charge in [-0.3, -0.25) is 19.7 Å². The van der Waals surface area contributed by atoms with Gasteiger partial charge in [-0.15, -0.1) is 0 Å². The van der Waals surface area contributed by atoms with E-state index < -0.39 is 16.2 Å². The molecule has 0 radical (unpaired) electrons. The molecule has 1 aliphatic heterocycles. The molecule has 9 nitrogen and oxygen atoms in total. The molecule has 0 bridgehead atoms. The van der Waals surface area contributed by atoms with E-state index in [4.69, 9.17) is 4.42 Å². The summed E-state index contributed by atoms with van der Waals surface area (Å²) >= 11 is 0. The maximum atomic E-state index is 13.2. The Hall–Kier alpha value is -3.62. The van der Waals surface area contributed by atoms with Crippen LogP contribution in [-0.2, 0) is 6.54 Å². The van der Waals surface area contributed by atoms with Crippen molar-refractivity contribution < 1.29 is 14.1 Å². The van der Waals surface area contributed by atoms with Gasteiger partial charge in [0.15, 0.2) is 5.76 Å². The van der Waals surface area contributed by atoms with E-state index in [0.29, 0.717) is 49.3 Å². The fourth-order valence-corrected chi connectivity index (χ4v) is 4.10. The highest BCUT2D eigenvalue weighted by molar-refractivity contribution is 5.97. The summed E-state index contributed by atoms with van der Waals surface area (Å²) in [5.74, 6) is 0.209. The zero-order chi connectivity index (χ0) is 22.1. The molecule has 1 aliphatic rings. The molecule has 162 valence electrons. The number of aromatic nitrogens is 1. The highest BCUT2D eigenvalue weighted by atomic mass is 16.6. The van der Waals surface area contributed by atoms with Crippen LogP contribution in [0, 0.1) is 16.0 Å². The number of hydrogen-bond acceptors (Lipinski definition) is 6. The van der Waals surface area contributed by atoms with Crippen LogP contribution in [0.2, 0.25) is 0 Å². The molecular weight excluding hydrogens is 400 g/mol. The van der Waals surface area contributed by atoms with Crippen LogP contribution >= 0.6 is 0 Å². The van der Waals surface area contributed by atoms with E-state index in [1.54, 1.807) is 17.0 Å². The Balaban J connectivity index is 1.74. The van der Waals surface area contributed by atoms with Gasteiger partial charge in [0.2, 0.25) is 0 Å². The number of amides is 1. The Morgan fingerprint density at radius 2 is 1.84 bits per heavy atom. The zero-order valence-electron chi connectivity index (χ0n) is 17.5. The second kappa shape index (κ2) is 8.25. The average Bonchev–Trinajstić information content (AvgIpc) is 3.29. The van der Waals surface area contributed by atoms with Crippen molar-refractivity contribution in [3.8, 4) is 0 Å². The lowest BCUT2D eigenvalue weighted by molar-refractivity contribution is -0.385. The molecule has 31 heavy (non-hydrogen) atoms. The van der Waals surface area contributed by atoms with Gasteiger partial charge in [0, 0.05) is 38.1 Å². The lowest BCUT2D eigenvalue weighted by Gasteiger charge is -2.36. The van der Waals surface area contributed by atoms with Crippen molar-refractivity contribution in [3.63, 3.8) is 0 Å². The largest absolute Gasteiger partial charge is 0.459 e. The Labute approximate surface area is 178 Å². The molecule has 9 heteroatoms. The molecule has 0 atom stereocenters. The van der Waals surface area contributed by atoms with Crippen LogP contribution in [0.15, 0.2) is 51.9 Å². The number of anilines is 1. The summed E-state index contributed by atoms with van der Waals surface area (Å²) in [6, 6.07) is 10.6. The van der Waals surface area contributed by atoms with Crippen LogP contribution in [0.1, 0.15) is 24.4 Å². The average molecular weight is 424 g/mol. The molecule has 0 unspecified atom stereocenters. The van der Waals surface area contributed by atoms with Crippen LogP contribution in [0.3, 0.4) is 0 Å². The van der Waals surface area contributed by atoms with E-state index in [-0.39, 0.29) is 17.6 Å². The molecule has 3 aromatic rings. The fraction of sp³-hybridized carbons (Fsp3) is 0.364. The summed E-state index contributed by atoms with van der Waals surface area (Å²) in [4.78, 5) is 40.6. The summed E-state index contributed by atoms with van der Waals surface area (Å²) < 4.78 is 6.69. The van der Waals surface area contributed by atoms with Gasteiger partial charge in [0.25, 0.3) is 5.91 Å². The topological polar surface area (TPSA) is 102 Å². The van der Waals surface area contributed by atoms with Gasteiger partial charge in [-0.2, -0.15) is 0 Å². The Bertz CT molecular complexity index is 1170. The third-order valence-corrected chi connectivity index (χ3v) is 5.47. The SMILES string of the molecule is CC(C)Cn1c(=O)c([N+](=O)[O-])c(N2CCN(C(=O)c3ccco3)CC2)c2ccccc21. The first kappa shape index (κ1) is 20.6. The second-order valence-corrected chi connectivity index (χ2v) is 8.04. The Kier molecular flexibility index (Phi) is 5.50. The van der Waals surface area contributed by atoms with Crippen molar-refractivity contribution in [2.45, 2.75) is 20.4 Å². The number of benzene rings is 1. The van der Waals surface area contributed by atoms with Crippen LogP contribution in [0.5, 0.6) is 0 Å². The van der Waals surface area contributed by atoms with Gasteiger partial charge in [-0.1, -0.05) is 32.0 Å². The van der Waals surface area contributed by atoms with E-state index in [2.05, 4.69) is 0 Å². The third kappa shape index (κ3) is 3.78. The van der Waals surface area contributed by atoms with Crippen LogP contribution in [-0.4, -0.2) is 46.5 Å². The number of rotatable bonds is 5. The lowest BCUT2D eigenvalue weighted by atomic mass is 10.1. The number of pyridine rings is 1. The molecule has 0 spiro atoms. The quantitative estimate of drug-likeness (QED) is 0.461. The number of furan rings is 1. The molecule has 2 aromatic heterocycles. The number of para-hydroxylation sites is 1. The van der Waals surface area contributed by atoms with E-state index in [1.165, 1.54) is 10.8 Å². The summed E-state index contributed by atoms with van der Waals surface area (Å²) in [6.45, 7) is 5.84. The number of fused-ring (bicyclic) bond motifs is 1. The number of carbonyl (C=O) groups excluding carboxylic acids is 1. The maximum Gasteiger partial charge on any atom is 0.357 e. The summed E-state index contributed by atoms with van der Waals surface area (Å²) in [7, 11) is 0. The monoisotopic (exact) mass is 424 g/mol. The molecule has 1 fully saturated rings. The van der Waals surface area contributed by atoms with Gasteiger partial charge >= 0.3 is 11.2 Å². The summed E-state index contributed by atoms with van der Waals surface area (Å²) in [5.41, 5.74) is -0.00162. The molecule has 0 aliphatic carbocycles. The predicted octanol–water partition coefficient (Wildman–Crippen LogP) is 3.12. The van der Waals surface area contributed by atoms with E-state index in [1.807, 2.05) is 43.0 Å². The molecule has 1 aromatic carbocycles. The fourth-order valence-electron chi connectivity index (χ4n) is 4.10. The highest BCUT2D eigenvalue weighted by Crippen LogP contribution is 2.34. The minimum Gasteiger partial charge on any atom is -0.459 e. The molecule has 1 saturated heterocycles. The smallest absolute Gasteiger partial charge is 0.357 e. The highest BCUT2D eigenvalue weighted by Gasteiger charge is 2.32. The summed E-state index contributed by atoms with van der Waals surface area (Å²) in [6.07, 6.45) is 1.45. The van der Waals surface area contributed by atoms with Crippen molar-refractivity contribution in [1.82, 2.24) is 9.47 Å². The van der Waals surface area contributed by atoms with Gasteiger partial charge in [-0.25, -0.2) is 0 Å². The second-order valence-electron chi connectivity index (χ2n) is 8.04. The van der Waals surface area contributed by atoms with Gasteiger partial charge < -0.3 is 18.8 Å². The number of carbonyl (C=O) groups is 1. The van der Waals surface area contributed by atoms with Crippen LogP contribution in [0.25, 0.3) is 10.9 Å². The summed E-state index contributed by atoms with van der Waals surface area (Å²) in [5, 5.41) is 12.7. The standard InChI is InChI=1S/C22H24N4O5/c1-15(2)14-25-17-7-4-3-6-16(17)19(20(22(25)28)26(29)30)23-9-11-24(12-10-23)21(27)18-8-5-13-31-18/h3-8,13,15H,9-12,14H2,1-2H3. The first-order chi connectivity index (χ1) is 14.9. The minimum atomic E-state index is -0.596. The molecule has 4 rings (SSSR count). The van der Waals surface area contributed by atoms with Gasteiger partial charge in [0.1, 0.15) is 5.69 Å². The van der Waals surface area contributed by atoms with E-state index in [0.717, 1.165) is 0 Å². The molecular formula is C22H24N4O5. The van der Waals surface area contributed by atoms with Crippen LogP contribution < -0.4 is 10.5 Å². The Morgan fingerprint density at radius 1 is 1.13 bits per heavy atom. The molecule has 3 heterocycles. The predicted molar refractivity (Wildman–Crippen MR) is 117 cm³/mol. The number of nitrogens with zero attached hydrogens (tertiary/aromatic N) is 4. The number of piperazine rings is 1. The first-order valence-electron chi connectivity index (χ1n) is 10.3. The minimum absolute atomic E-state index is 0.155.